The predicted molar refractivity (Wildman–Crippen MR) is 52.9 cm³/mol. The fraction of sp³-hybridized carbons (Fsp3) is 0.250. The molecule has 14 heavy (non-hydrogen) atoms. The molecular formula is C8H9ClF4S. The summed E-state index contributed by atoms with van der Waals surface area (Å²) < 4.78 is 39.1. The fourth-order valence-electron chi connectivity index (χ4n) is 0.919. The molecule has 0 atom stereocenters. The van der Waals surface area contributed by atoms with E-state index in [1.165, 1.54) is 11.1 Å². The lowest BCUT2D eigenvalue weighted by Gasteiger charge is -1.95. The fourth-order valence-corrected chi connectivity index (χ4v) is 1.26. The second-order valence-corrected chi connectivity index (χ2v) is 3.79. The SMILES string of the molecule is Cc1cc(C)cc(Cl)c1.FS(F)(F)F. The molecule has 0 aliphatic heterocycles. The summed E-state index contributed by atoms with van der Waals surface area (Å²) in [6, 6.07) is 6.01. The van der Waals surface area contributed by atoms with Crippen LogP contribution in [0.4, 0.5) is 15.5 Å². The Hall–Kier alpha value is -0.420. The van der Waals surface area contributed by atoms with Crippen LogP contribution in [-0.4, -0.2) is 0 Å². The van der Waals surface area contributed by atoms with Crippen molar-refractivity contribution in [2.75, 3.05) is 0 Å². The Morgan fingerprint density at radius 2 is 1.21 bits per heavy atom. The van der Waals surface area contributed by atoms with Crippen LogP contribution >= 0.6 is 23.2 Å². The topological polar surface area (TPSA) is 0 Å². The first-order valence-corrected chi connectivity index (χ1v) is 5.15. The molecule has 0 saturated carbocycles. The van der Waals surface area contributed by atoms with E-state index in [-0.39, 0.29) is 0 Å². The third-order valence-corrected chi connectivity index (χ3v) is 1.40. The van der Waals surface area contributed by atoms with Crippen molar-refractivity contribution in [2.24, 2.45) is 0 Å². The largest absolute Gasteiger partial charge is 0.379 e. The minimum Gasteiger partial charge on any atom is -0.0947 e. The van der Waals surface area contributed by atoms with E-state index in [1.807, 2.05) is 26.0 Å². The number of aryl methyl sites for hydroxylation is 2. The first-order valence-electron chi connectivity index (χ1n) is 3.54. The Labute approximate surface area is 87.4 Å². The molecule has 0 radical (unpaired) electrons. The number of halogens is 5. The lowest BCUT2D eigenvalue weighted by molar-refractivity contribution is 0.543. The molecule has 0 fully saturated rings. The summed E-state index contributed by atoms with van der Waals surface area (Å²) in [6.45, 7) is 4.08. The molecular weight excluding hydrogens is 240 g/mol. The molecule has 0 aromatic heterocycles. The molecule has 0 spiro atoms. The third-order valence-electron chi connectivity index (χ3n) is 1.19. The molecule has 0 amide bonds. The zero-order valence-electron chi connectivity index (χ0n) is 7.53. The lowest BCUT2D eigenvalue weighted by atomic mass is 10.2. The van der Waals surface area contributed by atoms with Crippen molar-refractivity contribution in [3.8, 4) is 0 Å². The highest BCUT2D eigenvalue weighted by Crippen LogP contribution is 2.54. The van der Waals surface area contributed by atoms with Gasteiger partial charge in [0, 0.05) is 5.02 Å². The number of benzene rings is 1. The molecule has 82 valence electrons. The van der Waals surface area contributed by atoms with E-state index in [0.29, 0.717) is 0 Å². The van der Waals surface area contributed by atoms with E-state index >= 15 is 0 Å². The van der Waals surface area contributed by atoms with Gasteiger partial charge in [0.2, 0.25) is 0 Å². The van der Waals surface area contributed by atoms with Gasteiger partial charge < -0.3 is 0 Å². The molecule has 0 aliphatic rings. The predicted octanol–water partition coefficient (Wildman–Crippen LogP) is 5.29. The van der Waals surface area contributed by atoms with Crippen molar-refractivity contribution in [3.63, 3.8) is 0 Å². The van der Waals surface area contributed by atoms with Gasteiger partial charge in [0.1, 0.15) is 0 Å². The van der Waals surface area contributed by atoms with Crippen LogP contribution in [0.2, 0.25) is 5.02 Å². The first-order chi connectivity index (χ1) is 6.18. The standard InChI is InChI=1S/C8H9Cl.F4S/c1-6-3-7(2)5-8(9)4-6;1-5(2,3)4/h3-5H,1-2H3;. The van der Waals surface area contributed by atoms with Crippen LogP contribution in [0.25, 0.3) is 0 Å². The van der Waals surface area contributed by atoms with Crippen molar-refractivity contribution in [1.29, 1.82) is 0 Å². The molecule has 0 nitrogen and oxygen atoms in total. The molecule has 1 aromatic rings. The number of hydrogen-bond acceptors (Lipinski definition) is 0. The Kier molecular flexibility index (Phi) is 5.29. The summed E-state index contributed by atoms with van der Waals surface area (Å²) in [5.41, 5.74) is 2.44. The van der Waals surface area contributed by atoms with E-state index in [2.05, 4.69) is 6.07 Å². The molecule has 0 unspecified atom stereocenters. The van der Waals surface area contributed by atoms with Crippen LogP contribution in [0, 0.1) is 13.8 Å². The van der Waals surface area contributed by atoms with Gasteiger partial charge in [-0.2, -0.15) is 0 Å². The van der Waals surface area contributed by atoms with Crippen LogP contribution in [-0.2, 0) is 0 Å². The van der Waals surface area contributed by atoms with Crippen LogP contribution in [0.1, 0.15) is 11.1 Å². The van der Waals surface area contributed by atoms with Gasteiger partial charge >= 0.3 is 11.6 Å². The number of rotatable bonds is 0. The molecule has 0 bridgehead atoms. The minimum atomic E-state index is -6.17. The van der Waals surface area contributed by atoms with E-state index in [0.717, 1.165) is 5.02 Å². The number of hydrogen-bond donors (Lipinski definition) is 0. The van der Waals surface area contributed by atoms with Crippen molar-refractivity contribution in [2.45, 2.75) is 13.8 Å². The second kappa shape index (κ2) is 5.46. The van der Waals surface area contributed by atoms with Crippen molar-refractivity contribution < 1.29 is 15.5 Å². The Morgan fingerprint density at radius 1 is 0.929 bits per heavy atom. The van der Waals surface area contributed by atoms with Crippen LogP contribution in [0.5, 0.6) is 0 Å². The lowest BCUT2D eigenvalue weighted by Crippen LogP contribution is -1.74. The summed E-state index contributed by atoms with van der Waals surface area (Å²) in [6.07, 6.45) is 0. The van der Waals surface area contributed by atoms with Gasteiger partial charge in [-0.05, 0) is 37.1 Å². The van der Waals surface area contributed by atoms with E-state index in [4.69, 9.17) is 11.6 Å². The zero-order valence-corrected chi connectivity index (χ0v) is 9.10. The zero-order chi connectivity index (χ0) is 11.4. The highest BCUT2D eigenvalue weighted by Gasteiger charge is 2.16. The van der Waals surface area contributed by atoms with Crippen LogP contribution in [0.15, 0.2) is 18.2 Å². The second-order valence-electron chi connectivity index (χ2n) is 2.66. The van der Waals surface area contributed by atoms with E-state index in [1.54, 1.807) is 0 Å². The van der Waals surface area contributed by atoms with Gasteiger partial charge in [-0.15, -0.1) is 0 Å². The van der Waals surface area contributed by atoms with Crippen molar-refractivity contribution in [1.82, 2.24) is 0 Å². The Bertz CT molecular complexity index is 241. The molecule has 0 N–H and O–H groups in total. The Balaban J connectivity index is 0.000000292. The molecule has 6 heteroatoms. The highest BCUT2D eigenvalue weighted by molar-refractivity contribution is 8.16. The average Bonchev–Trinajstić information content (AvgIpc) is 1.77. The maximum Gasteiger partial charge on any atom is 0.379 e. The highest BCUT2D eigenvalue weighted by atomic mass is 35.5. The molecule has 1 rings (SSSR count). The summed E-state index contributed by atoms with van der Waals surface area (Å²) in [5.74, 6) is 0. The van der Waals surface area contributed by atoms with Gasteiger partial charge in [0.05, 0.1) is 0 Å². The monoisotopic (exact) mass is 248 g/mol. The maximum absolute atomic E-state index is 9.77. The van der Waals surface area contributed by atoms with Gasteiger partial charge in [0.25, 0.3) is 0 Å². The quantitative estimate of drug-likeness (QED) is 0.548. The van der Waals surface area contributed by atoms with Gasteiger partial charge in [-0.1, -0.05) is 33.2 Å². The third kappa shape index (κ3) is 9.67. The maximum atomic E-state index is 9.77. The summed E-state index contributed by atoms with van der Waals surface area (Å²) in [5, 5.41) is 0.826. The first kappa shape index (κ1) is 13.6. The van der Waals surface area contributed by atoms with Crippen LogP contribution < -0.4 is 0 Å². The smallest absolute Gasteiger partial charge is 0.0947 e. The average molecular weight is 249 g/mol. The van der Waals surface area contributed by atoms with E-state index in [9.17, 15) is 15.5 Å². The van der Waals surface area contributed by atoms with Gasteiger partial charge in [0.15, 0.2) is 0 Å². The molecule has 0 heterocycles. The Morgan fingerprint density at radius 3 is 1.43 bits per heavy atom. The van der Waals surface area contributed by atoms with E-state index < -0.39 is 11.6 Å². The molecule has 1 aromatic carbocycles. The summed E-state index contributed by atoms with van der Waals surface area (Å²) >= 11 is -0.416. The van der Waals surface area contributed by atoms with Gasteiger partial charge in [-0.25, -0.2) is 0 Å². The van der Waals surface area contributed by atoms with Crippen LogP contribution in [0.3, 0.4) is 0 Å². The molecule has 0 aliphatic carbocycles. The minimum absolute atomic E-state index is 0.826. The van der Waals surface area contributed by atoms with Crippen molar-refractivity contribution in [3.05, 3.63) is 34.3 Å². The van der Waals surface area contributed by atoms with Gasteiger partial charge in [-0.3, -0.25) is 0 Å². The summed E-state index contributed by atoms with van der Waals surface area (Å²) in [4.78, 5) is 0. The normalized spacial score (nSPS) is 11.6. The summed E-state index contributed by atoms with van der Waals surface area (Å²) in [7, 11) is 0. The molecule has 0 saturated heterocycles. The van der Waals surface area contributed by atoms with Crippen molar-refractivity contribution >= 4 is 23.2 Å².